The summed E-state index contributed by atoms with van der Waals surface area (Å²) in [5.41, 5.74) is 0. The second kappa shape index (κ2) is 7.07. The molecule has 5 heteroatoms. The second-order valence-corrected chi connectivity index (χ2v) is 6.30. The maximum absolute atomic E-state index is 12.0. The molecule has 0 unspecified atom stereocenters. The number of carbonyl (C=O) groups is 2. The highest BCUT2D eigenvalue weighted by Crippen LogP contribution is 2.34. The summed E-state index contributed by atoms with van der Waals surface area (Å²) in [6.45, 7) is 1.65. The van der Waals surface area contributed by atoms with Crippen molar-refractivity contribution in [3.63, 3.8) is 0 Å². The van der Waals surface area contributed by atoms with Gasteiger partial charge in [-0.25, -0.2) is 0 Å². The molecule has 1 aliphatic heterocycles. The van der Waals surface area contributed by atoms with Gasteiger partial charge in [-0.2, -0.15) is 0 Å². The van der Waals surface area contributed by atoms with Gasteiger partial charge in [0.05, 0.1) is 6.54 Å². The van der Waals surface area contributed by atoms with E-state index in [2.05, 4.69) is 24.3 Å². The summed E-state index contributed by atoms with van der Waals surface area (Å²) in [6, 6.07) is 0.429. The van der Waals surface area contributed by atoms with Gasteiger partial charge in [-0.15, -0.1) is 0 Å². The fourth-order valence-electron chi connectivity index (χ4n) is 2.91. The average Bonchev–Trinajstić information content (AvgIpc) is 3.20. The summed E-state index contributed by atoms with van der Waals surface area (Å²) in [6.07, 6.45) is 6.19. The third-order valence-corrected chi connectivity index (χ3v) is 4.34. The first-order valence-corrected chi connectivity index (χ1v) is 7.79. The number of likely N-dealkylation sites (tertiary alicyclic amines) is 1. The molecule has 2 amide bonds. The van der Waals surface area contributed by atoms with E-state index in [1.807, 2.05) is 0 Å². The SMILES string of the molecule is CN(C)[C@H](CNC(=O)CN1CCCCCC1=O)C1CC1. The van der Waals surface area contributed by atoms with Crippen molar-refractivity contribution in [3.05, 3.63) is 0 Å². The van der Waals surface area contributed by atoms with E-state index in [1.54, 1.807) is 4.90 Å². The predicted molar refractivity (Wildman–Crippen MR) is 78.3 cm³/mol. The first-order valence-electron chi connectivity index (χ1n) is 7.79. The largest absolute Gasteiger partial charge is 0.353 e. The lowest BCUT2D eigenvalue weighted by molar-refractivity contribution is -0.135. The van der Waals surface area contributed by atoms with Crippen LogP contribution in [0.25, 0.3) is 0 Å². The molecule has 1 N–H and O–H groups in total. The van der Waals surface area contributed by atoms with Crippen molar-refractivity contribution in [2.45, 2.75) is 44.6 Å². The normalized spacial score (nSPS) is 21.8. The summed E-state index contributed by atoms with van der Waals surface area (Å²) >= 11 is 0. The summed E-state index contributed by atoms with van der Waals surface area (Å²) < 4.78 is 0. The van der Waals surface area contributed by atoms with Gasteiger partial charge in [0.15, 0.2) is 0 Å². The van der Waals surface area contributed by atoms with Crippen molar-refractivity contribution in [3.8, 4) is 0 Å². The van der Waals surface area contributed by atoms with E-state index in [1.165, 1.54) is 12.8 Å². The smallest absolute Gasteiger partial charge is 0.239 e. The predicted octanol–water partition coefficient (Wildman–Crippen LogP) is 0.845. The Hall–Kier alpha value is -1.10. The lowest BCUT2D eigenvalue weighted by Crippen LogP contribution is -2.46. The number of rotatable bonds is 6. The van der Waals surface area contributed by atoms with Gasteiger partial charge in [-0.1, -0.05) is 6.42 Å². The van der Waals surface area contributed by atoms with Crippen LogP contribution in [-0.2, 0) is 9.59 Å². The molecule has 0 spiro atoms. The van der Waals surface area contributed by atoms with Crippen LogP contribution in [0.1, 0.15) is 38.5 Å². The molecule has 0 aromatic rings. The fourth-order valence-corrected chi connectivity index (χ4v) is 2.91. The summed E-state index contributed by atoms with van der Waals surface area (Å²) in [4.78, 5) is 27.8. The molecule has 0 aromatic carbocycles. The van der Waals surface area contributed by atoms with Crippen LogP contribution in [0.4, 0.5) is 0 Å². The minimum absolute atomic E-state index is 0.0206. The molecule has 2 aliphatic rings. The standard InChI is InChI=1S/C15H27N3O2/c1-17(2)13(12-7-8-12)10-16-14(19)11-18-9-5-3-4-6-15(18)20/h12-13H,3-11H2,1-2H3,(H,16,19)/t13-/m1/s1. The Balaban J connectivity index is 1.75. The molecule has 2 fully saturated rings. The molecule has 1 saturated carbocycles. The van der Waals surface area contributed by atoms with Crippen molar-refractivity contribution in [1.29, 1.82) is 0 Å². The maximum Gasteiger partial charge on any atom is 0.239 e. The molecular formula is C15H27N3O2. The fraction of sp³-hybridized carbons (Fsp3) is 0.867. The van der Waals surface area contributed by atoms with Crippen LogP contribution < -0.4 is 5.32 Å². The Bertz CT molecular complexity index is 351. The molecular weight excluding hydrogens is 254 g/mol. The summed E-state index contributed by atoms with van der Waals surface area (Å²) in [5.74, 6) is 0.835. The van der Waals surface area contributed by atoms with Crippen molar-refractivity contribution in [1.82, 2.24) is 15.1 Å². The van der Waals surface area contributed by atoms with Crippen molar-refractivity contribution < 1.29 is 9.59 Å². The van der Waals surface area contributed by atoms with E-state index in [4.69, 9.17) is 0 Å². The van der Waals surface area contributed by atoms with Crippen LogP contribution in [0.3, 0.4) is 0 Å². The minimum Gasteiger partial charge on any atom is -0.353 e. The van der Waals surface area contributed by atoms with E-state index in [0.717, 1.165) is 31.7 Å². The quantitative estimate of drug-likeness (QED) is 0.785. The van der Waals surface area contributed by atoms with Crippen LogP contribution >= 0.6 is 0 Å². The van der Waals surface area contributed by atoms with E-state index >= 15 is 0 Å². The van der Waals surface area contributed by atoms with Crippen LogP contribution in [0, 0.1) is 5.92 Å². The van der Waals surface area contributed by atoms with E-state index in [-0.39, 0.29) is 18.4 Å². The molecule has 114 valence electrons. The van der Waals surface area contributed by atoms with Gasteiger partial charge in [0.25, 0.3) is 0 Å². The van der Waals surface area contributed by atoms with E-state index in [9.17, 15) is 9.59 Å². The molecule has 20 heavy (non-hydrogen) atoms. The van der Waals surface area contributed by atoms with E-state index in [0.29, 0.717) is 19.0 Å². The van der Waals surface area contributed by atoms with Gasteiger partial charge >= 0.3 is 0 Å². The van der Waals surface area contributed by atoms with Gasteiger partial charge in [0.1, 0.15) is 0 Å². The zero-order valence-corrected chi connectivity index (χ0v) is 12.7. The Labute approximate surface area is 121 Å². The van der Waals surface area contributed by atoms with Gasteiger partial charge < -0.3 is 15.1 Å². The zero-order chi connectivity index (χ0) is 14.5. The van der Waals surface area contributed by atoms with Crippen molar-refractivity contribution in [2.75, 3.05) is 33.7 Å². The number of nitrogens with zero attached hydrogens (tertiary/aromatic N) is 2. The lowest BCUT2D eigenvalue weighted by Gasteiger charge is -2.25. The molecule has 1 heterocycles. The Morgan fingerprint density at radius 2 is 2.10 bits per heavy atom. The van der Waals surface area contributed by atoms with Crippen LogP contribution in [0.5, 0.6) is 0 Å². The third kappa shape index (κ3) is 4.47. The highest BCUT2D eigenvalue weighted by atomic mass is 16.2. The molecule has 5 nitrogen and oxygen atoms in total. The Morgan fingerprint density at radius 3 is 2.75 bits per heavy atom. The van der Waals surface area contributed by atoms with Crippen LogP contribution in [-0.4, -0.2) is 61.4 Å². The number of hydrogen-bond acceptors (Lipinski definition) is 3. The minimum atomic E-state index is -0.0206. The maximum atomic E-state index is 12.0. The number of hydrogen-bond donors (Lipinski definition) is 1. The summed E-state index contributed by atoms with van der Waals surface area (Å²) in [7, 11) is 4.13. The molecule has 1 aliphatic carbocycles. The Kier molecular flexibility index (Phi) is 5.40. The highest BCUT2D eigenvalue weighted by molar-refractivity contribution is 5.84. The molecule has 0 bridgehead atoms. The first kappa shape index (κ1) is 15.3. The van der Waals surface area contributed by atoms with Crippen molar-refractivity contribution in [2.24, 2.45) is 5.92 Å². The van der Waals surface area contributed by atoms with Gasteiger partial charge in [0.2, 0.25) is 11.8 Å². The first-order chi connectivity index (χ1) is 9.58. The second-order valence-electron chi connectivity index (χ2n) is 6.30. The monoisotopic (exact) mass is 281 g/mol. The average molecular weight is 281 g/mol. The highest BCUT2D eigenvalue weighted by Gasteiger charge is 2.32. The molecule has 2 rings (SSSR count). The van der Waals surface area contributed by atoms with Crippen LogP contribution in [0.2, 0.25) is 0 Å². The van der Waals surface area contributed by atoms with E-state index < -0.39 is 0 Å². The number of likely N-dealkylation sites (N-methyl/N-ethyl adjacent to an activating group) is 1. The molecule has 1 atom stereocenters. The van der Waals surface area contributed by atoms with Crippen LogP contribution in [0.15, 0.2) is 0 Å². The molecule has 0 aromatic heterocycles. The van der Waals surface area contributed by atoms with Crippen molar-refractivity contribution >= 4 is 11.8 Å². The third-order valence-electron chi connectivity index (χ3n) is 4.34. The Morgan fingerprint density at radius 1 is 1.35 bits per heavy atom. The van der Waals surface area contributed by atoms with Gasteiger partial charge in [-0.05, 0) is 45.7 Å². The summed E-state index contributed by atoms with van der Waals surface area (Å²) in [5, 5.41) is 3.00. The zero-order valence-electron chi connectivity index (χ0n) is 12.7. The number of nitrogens with one attached hydrogen (secondary N) is 1. The van der Waals surface area contributed by atoms with Gasteiger partial charge in [-0.3, -0.25) is 9.59 Å². The lowest BCUT2D eigenvalue weighted by atomic mass is 10.1. The van der Waals surface area contributed by atoms with Gasteiger partial charge in [0, 0.05) is 25.6 Å². The molecule has 1 saturated heterocycles. The number of carbonyl (C=O) groups excluding carboxylic acids is 2. The molecule has 0 radical (unpaired) electrons. The topological polar surface area (TPSA) is 52.7 Å². The number of amides is 2.